The van der Waals surface area contributed by atoms with Crippen LogP contribution in [0.15, 0.2) is 48.8 Å². The van der Waals surface area contributed by atoms with Gasteiger partial charge < -0.3 is 14.8 Å². The van der Waals surface area contributed by atoms with Crippen molar-refractivity contribution in [1.82, 2.24) is 20.1 Å². The third-order valence-corrected chi connectivity index (χ3v) is 7.23. The van der Waals surface area contributed by atoms with E-state index in [9.17, 15) is 18.0 Å². The molecule has 1 saturated carbocycles. The number of amides is 1. The number of nitrogens with zero attached hydrogens (tertiary/aromatic N) is 3. The third kappa shape index (κ3) is 5.95. The van der Waals surface area contributed by atoms with Crippen molar-refractivity contribution in [1.29, 1.82) is 0 Å². The Labute approximate surface area is 227 Å². The summed E-state index contributed by atoms with van der Waals surface area (Å²) < 4.78 is 56.2. The van der Waals surface area contributed by atoms with Crippen LogP contribution in [0.25, 0.3) is 10.9 Å². The molecule has 1 aliphatic carbocycles. The molecule has 0 bridgehead atoms. The summed E-state index contributed by atoms with van der Waals surface area (Å²) in [6.45, 7) is 0.0786. The number of hydrogen-bond acceptors (Lipinski definition) is 5. The number of aromatic nitrogens is 3. The topological polar surface area (TPSA) is 78.3 Å². The van der Waals surface area contributed by atoms with Gasteiger partial charge in [-0.05, 0) is 61.4 Å². The maximum atomic E-state index is 14.7. The summed E-state index contributed by atoms with van der Waals surface area (Å²) in [5.74, 6) is -5.15. The van der Waals surface area contributed by atoms with Crippen LogP contribution in [-0.4, -0.2) is 34.3 Å². The zero-order valence-electron chi connectivity index (χ0n) is 21.1. The number of fused-ring (bicyclic) bond motifs is 1. The number of methoxy groups -OCH3 is 1. The summed E-state index contributed by atoms with van der Waals surface area (Å²) in [7, 11) is 1.51. The standard InChI is InChI=1S/C28H26ClF3N4O3/c1-38-20-8-4-17(5-9-20)15-39-27-22(30)11-21(25(31)26(27)32)28(37)34-12-16-2-6-19(7-3-16)36-14-18-10-24(29)33-13-23(18)35-36/h4-5,8-11,13-14,16,19H,2-3,6-7,12,15H2,1H3,(H,34,37). The van der Waals surface area contributed by atoms with Gasteiger partial charge in [0.2, 0.25) is 5.82 Å². The quantitative estimate of drug-likeness (QED) is 0.204. The molecule has 39 heavy (non-hydrogen) atoms. The molecule has 5 rings (SSSR count). The highest BCUT2D eigenvalue weighted by atomic mass is 35.5. The van der Waals surface area contributed by atoms with E-state index < -0.39 is 34.7 Å². The Bertz CT molecular complexity index is 1490. The lowest BCUT2D eigenvalue weighted by molar-refractivity contribution is 0.0935. The molecule has 1 amide bonds. The highest BCUT2D eigenvalue weighted by Crippen LogP contribution is 2.33. The molecule has 2 aromatic heterocycles. The smallest absolute Gasteiger partial charge is 0.254 e. The first-order chi connectivity index (χ1) is 18.8. The monoisotopic (exact) mass is 558 g/mol. The minimum absolute atomic E-state index is 0.149. The number of halogens is 4. The molecule has 1 fully saturated rings. The Morgan fingerprint density at radius 1 is 1.10 bits per heavy atom. The summed E-state index contributed by atoms with van der Waals surface area (Å²) >= 11 is 5.96. The second kappa shape index (κ2) is 11.5. The number of carbonyl (C=O) groups excluding carboxylic acids is 1. The summed E-state index contributed by atoms with van der Waals surface area (Å²) in [6, 6.07) is 9.28. The highest BCUT2D eigenvalue weighted by Gasteiger charge is 2.27. The maximum absolute atomic E-state index is 14.7. The second-order valence-corrected chi connectivity index (χ2v) is 9.95. The van der Waals surface area contributed by atoms with E-state index >= 15 is 0 Å². The van der Waals surface area contributed by atoms with Crippen LogP contribution in [-0.2, 0) is 6.61 Å². The van der Waals surface area contributed by atoms with Gasteiger partial charge in [0.15, 0.2) is 17.4 Å². The first-order valence-corrected chi connectivity index (χ1v) is 12.9. The Balaban J connectivity index is 1.16. The number of benzene rings is 2. The van der Waals surface area contributed by atoms with Crippen LogP contribution >= 0.6 is 11.6 Å². The molecule has 1 aliphatic rings. The van der Waals surface area contributed by atoms with Crippen LogP contribution in [0.2, 0.25) is 5.15 Å². The van der Waals surface area contributed by atoms with Crippen molar-refractivity contribution in [3.63, 3.8) is 0 Å². The molecular formula is C28H26ClF3N4O3. The molecule has 0 atom stereocenters. The molecule has 11 heteroatoms. The molecule has 0 unspecified atom stereocenters. The number of nitrogens with one attached hydrogen (secondary N) is 1. The average Bonchev–Trinajstić information content (AvgIpc) is 3.37. The van der Waals surface area contributed by atoms with Crippen molar-refractivity contribution in [3.05, 3.63) is 82.5 Å². The fourth-order valence-corrected chi connectivity index (χ4v) is 4.97. The van der Waals surface area contributed by atoms with Crippen molar-refractivity contribution >= 4 is 28.4 Å². The van der Waals surface area contributed by atoms with E-state index in [0.29, 0.717) is 22.5 Å². The number of hydrogen-bond donors (Lipinski definition) is 1. The fourth-order valence-electron chi connectivity index (χ4n) is 4.81. The van der Waals surface area contributed by atoms with Gasteiger partial charge in [-0.1, -0.05) is 23.7 Å². The van der Waals surface area contributed by atoms with Crippen LogP contribution in [0.4, 0.5) is 13.2 Å². The molecular weight excluding hydrogens is 533 g/mol. The van der Waals surface area contributed by atoms with E-state index in [1.165, 1.54) is 7.11 Å². The predicted octanol–water partition coefficient (Wildman–Crippen LogP) is 6.25. The average molecular weight is 559 g/mol. The van der Waals surface area contributed by atoms with Crippen LogP contribution in [0.3, 0.4) is 0 Å². The van der Waals surface area contributed by atoms with Crippen molar-refractivity contribution in [2.24, 2.45) is 5.92 Å². The second-order valence-electron chi connectivity index (χ2n) is 9.56. The normalized spacial score (nSPS) is 17.3. The van der Waals surface area contributed by atoms with Crippen molar-refractivity contribution in [2.75, 3.05) is 13.7 Å². The van der Waals surface area contributed by atoms with Crippen LogP contribution < -0.4 is 14.8 Å². The summed E-state index contributed by atoms with van der Waals surface area (Å²) in [6.07, 6.45) is 6.89. The molecule has 204 valence electrons. The lowest BCUT2D eigenvalue weighted by Crippen LogP contribution is -2.32. The number of carbonyl (C=O) groups is 1. The summed E-state index contributed by atoms with van der Waals surface area (Å²) in [5.41, 5.74) is 0.673. The summed E-state index contributed by atoms with van der Waals surface area (Å²) in [4.78, 5) is 16.7. The SMILES string of the molecule is COc1ccc(COc2c(F)cc(C(=O)NCC3CCC(n4cc5cc(Cl)ncc5n4)CC3)c(F)c2F)cc1. The lowest BCUT2D eigenvalue weighted by atomic mass is 9.86. The van der Waals surface area contributed by atoms with Gasteiger partial charge >= 0.3 is 0 Å². The van der Waals surface area contributed by atoms with Gasteiger partial charge in [0.25, 0.3) is 5.91 Å². The minimum atomic E-state index is -1.54. The molecule has 7 nitrogen and oxygen atoms in total. The third-order valence-electron chi connectivity index (χ3n) is 7.02. The van der Waals surface area contributed by atoms with Gasteiger partial charge in [-0.15, -0.1) is 0 Å². The van der Waals surface area contributed by atoms with Gasteiger partial charge in [-0.3, -0.25) is 9.48 Å². The lowest BCUT2D eigenvalue weighted by Gasteiger charge is -2.28. The number of pyridine rings is 1. The first-order valence-electron chi connectivity index (χ1n) is 12.5. The van der Waals surface area contributed by atoms with Gasteiger partial charge in [0.05, 0.1) is 24.9 Å². The van der Waals surface area contributed by atoms with Crippen LogP contribution in [0.1, 0.15) is 47.6 Å². The van der Waals surface area contributed by atoms with E-state index in [1.807, 2.05) is 10.9 Å². The minimum Gasteiger partial charge on any atom is -0.497 e. The Morgan fingerprint density at radius 2 is 1.85 bits per heavy atom. The molecule has 2 aromatic carbocycles. The van der Waals surface area contributed by atoms with E-state index in [2.05, 4.69) is 15.4 Å². The molecule has 1 N–H and O–H groups in total. The zero-order chi connectivity index (χ0) is 27.5. The number of ether oxygens (including phenoxy) is 2. The predicted molar refractivity (Wildman–Crippen MR) is 140 cm³/mol. The Kier molecular flexibility index (Phi) is 7.92. The number of rotatable bonds is 8. The molecule has 2 heterocycles. The van der Waals surface area contributed by atoms with Crippen LogP contribution in [0, 0.1) is 23.4 Å². The van der Waals surface area contributed by atoms with Crippen molar-refractivity contribution < 1.29 is 27.4 Å². The first kappa shape index (κ1) is 26.8. The van der Waals surface area contributed by atoms with Crippen molar-refractivity contribution in [2.45, 2.75) is 38.3 Å². The summed E-state index contributed by atoms with van der Waals surface area (Å²) in [5, 5.41) is 8.54. The van der Waals surface area contributed by atoms with Crippen molar-refractivity contribution in [3.8, 4) is 11.5 Å². The molecule has 0 aliphatic heterocycles. The van der Waals surface area contributed by atoms with Gasteiger partial charge in [-0.2, -0.15) is 9.49 Å². The van der Waals surface area contributed by atoms with Gasteiger partial charge in [0, 0.05) is 18.1 Å². The maximum Gasteiger partial charge on any atom is 0.254 e. The van der Waals surface area contributed by atoms with Gasteiger partial charge in [0.1, 0.15) is 23.0 Å². The van der Waals surface area contributed by atoms with Gasteiger partial charge in [-0.25, -0.2) is 13.8 Å². The van der Waals surface area contributed by atoms with E-state index in [4.69, 9.17) is 21.1 Å². The fraction of sp³-hybridized carbons (Fsp3) is 0.321. The largest absolute Gasteiger partial charge is 0.497 e. The van der Waals surface area contributed by atoms with E-state index in [1.54, 1.807) is 36.5 Å². The zero-order valence-corrected chi connectivity index (χ0v) is 21.9. The van der Waals surface area contributed by atoms with Crippen LogP contribution in [0.5, 0.6) is 11.5 Å². The molecule has 0 saturated heterocycles. The molecule has 0 spiro atoms. The highest BCUT2D eigenvalue weighted by molar-refractivity contribution is 6.30. The van der Waals surface area contributed by atoms with E-state index in [-0.39, 0.29) is 25.1 Å². The Hall–Kier alpha value is -3.79. The Morgan fingerprint density at radius 3 is 2.56 bits per heavy atom. The molecule has 0 radical (unpaired) electrons. The van der Waals surface area contributed by atoms with E-state index in [0.717, 1.165) is 36.6 Å². The molecule has 4 aromatic rings.